The molecule has 0 spiro atoms. The summed E-state index contributed by atoms with van der Waals surface area (Å²) in [7, 11) is 0. The lowest BCUT2D eigenvalue weighted by molar-refractivity contribution is 0.221. The van der Waals surface area contributed by atoms with Crippen LogP contribution in [0.5, 0.6) is 0 Å². The van der Waals surface area contributed by atoms with Gasteiger partial charge in [0.2, 0.25) is 0 Å². The third-order valence-corrected chi connectivity index (χ3v) is 2.66. The van der Waals surface area contributed by atoms with Crippen molar-refractivity contribution in [2.75, 3.05) is 13.1 Å². The van der Waals surface area contributed by atoms with E-state index in [1.54, 1.807) is 0 Å². The molecule has 0 amide bonds. The van der Waals surface area contributed by atoms with Crippen molar-refractivity contribution in [2.45, 2.75) is 47.0 Å². The highest BCUT2D eigenvalue weighted by atomic mass is 14.9. The summed E-state index contributed by atoms with van der Waals surface area (Å²) >= 11 is 0. The molecule has 68 valence electrons. The Morgan fingerprint density at radius 2 is 1.64 bits per heavy atom. The Labute approximate surface area is 71.6 Å². The second-order valence-electron chi connectivity index (χ2n) is 3.41. The molecule has 1 fully saturated rings. The molecular weight excluding hydrogens is 134 g/mol. The highest BCUT2D eigenvalue weighted by Crippen LogP contribution is 2.30. The fraction of sp³-hybridized carbons (Fsp3) is 1.00. The lowest BCUT2D eigenvalue weighted by Gasteiger charge is -2.32. The first kappa shape index (κ1) is 11.0. The lowest BCUT2D eigenvalue weighted by Crippen LogP contribution is -2.34. The van der Waals surface area contributed by atoms with Gasteiger partial charge in [-0.25, -0.2) is 0 Å². The highest BCUT2D eigenvalue weighted by Gasteiger charge is 2.23. The molecule has 1 heterocycles. The predicted octanol–water partition coefficient (Wildman–Crippen LogP) is 2.81. The lowest BCUT2D eigenvalue weighted by atomic mass is 9.79. The Balaban J connectivity index is 0.000000461. The Morgan fingerprint density at radius 3 is 1.91 bits per heavy atom. The Bertz CT molecular complexity index is 82.9. The van der Waals surface area contributed by atoms with E-state index in [0.717, 1.165) is 0 Å². The van der Waals surface area contributed by atoms with Crippen LogP contribution in [-0.4, -0.2) is 13.1 Å². The van der Waals surface area contributed by atoms with Gasteiger partial charge in [-0.2, -0.15) is 0 Å². The first-order valence-electron chi connectivity index (χ1n) is 4.97. The van der Waals surface area contributed by atoms with Gasteiger partial charge in [-0.1, -0.05) is 34.1 Å². The summed E-state index contributed by atoms with van der Waals surface area (Å²) in [6, 6.07) is 0. The normalized spacial score (nSPS) is 21.8. The molecule has 0 aliphatic carbocycles. The van der Waals surface area contributed by atoms with Crippen LogP contribution < -0.4 is 5.32 Å². The summed E-state index contributed by atoms with van der Waals surface area (Å²) in [6.07, 6.45) is 4.07. The van der Waals surface area contributed by atoms with Gasteiger partial charge in [0, 0.05) is 0 Å². The SMILES string of the molecule is CC.CCC1(C)CCNCC1. The second kappa shape index (κ2) is 5.59. The molecule has 1 aliphatic rings. The van der Waals surface area contributed by atoms with Crippen LogP contribution in [0.15, 0.2) is 0 Å². The number of hydrogen-bond acceptors (Lipinski definition) is 1. The zero-order valence-electron chi connectivity index (χ0n) is 8.54. The van der Waals surface area contributed by atoms with Crippen molar-refractivity contribution < 1.29 is 0 Å². The van der Waals surface area contributed by atoms with E-state index in [1.165, 1.54) is 32.4 Å². The molecule has 0 bridgehead atoms. The average Bonchev–Trinajstić information content (AvgIpc) is 2.10. The van der Waals surface area contributed by atoms with Crippen LogP contribution in [0.25, 0.3) is 0 Å². The Morgan fingerprint density at radius 1 is 1.18 bits per heavy atom. The molecule has 1 heteroatoms. The molecule has 0 radical (unpaired) electrons. The van der Waals surface area contributed by atoms with Crippen LogP contribution in [-0.2, 0) is 0 Å². The standard InChI is InChI=1S/C8H17N.C2H6/c1-3-8(2)4-6-9-7-5-8;1-2/h9H,3-7H2,1-2H3;1-2H3. The van der Waals surface area contributed by atoms with Crippen LogP contribution in [0.1, 0.15) is 47.0 Å². The second-order valence-corrected chi connectivity index (χ2v) is 3.41. The van der Waals surface area contributed by atoms with Crippen molar-refractivity contribution in [2.24, 2.45) is 5.41 Å². The summed E-state index contributed by atoms with van der Waals surface area (Å²) in [5.74, 6) is 0. The quantitative estimate of drug-likeness (QED) is 0.617. The van der Waals surface area contributed by atoms with Gasteiger partial charge in [-0.05, 0) is 31.3 Å². The summed E-state index contributed by atoms with van der Waals surface area (Å²) in [6.45, 7) is 11.1. The fourth-order valence-electron chi connectivity index (χ4n) is 1.38. The minimum Gasteiger partial charge on any atom is -0.317 e. The van der Waals surface area contributed by atoms with E-state index in [9.17, 15) is 0 Å². The average molecular weight is 157 g/mol. The van der Waals surface area contributed by atoms with Crippen molar-refractivity contribution in [3.05, 3.63) is 0 Å². The van der Waals surface area contributed by atoms with Gasteiger partial charge in [0.25, 0.3) is 0 Å². The van der Waals surface area contributed by atoms with Gasteiger partial charge >= 0.3 is 0 Å². The molecule has 0 aromatic rings. The summed E-state index contributed by atoms with van der Waals surface area (Å²) in [4.78, 5) is 0. The molecule has 0 atom stereocenters. The van der Waals surface area contributed by atoms with Crippen molar-refractivity contribution in [3.63, 3.8) is 0 Å². The van der Waals surface area contributed by atoms with Crippen molar-refractivity contribution in [1.82, 2.24) is 5.32 Å². The number of piperidine rings is 1. The topological polar surface area (TPSA) is 12.0 Å². The van der Waals surface area contributed by atoms with Crippen molar-refractivity contribution in [1.29, 1.82) is 0 Å². The van der Waals surface area contributed by atoms with E-state index in [4.69, 9.17) is 0 Å². The maximum atomic E-state index is 3.37. The molecule has 1 N–H and O–H groups in total. The molecule has 0 saturated carbocycles. The maximum absolute atomic E-state index is 3.37. The van der Waals surface area contributed by atoms with Gasteiger partial charge < -0.3 is 5.32 Å². The Hall–Kier alpha value is -0.0400. The van der Waals surface area contributed by atoms with Crippen LogP contribution in [0.2, 0.25) is 0 Å². The van der Waals surface area contributed by atoms with Gasteiger partial charge in [-0.15, -0.1) is 0 Å². The van der Waals surface area contributed by atoms with E-state index in [1.807, 2.05) is 13.8 Å². The predicted molar refractivity (Wildman–Crippen MR) is 51.8 cm³/mol. The summed E-state index contributed by atoms with van der Waals surface area (Å²) in [5, 5.41) is 3.37. The van der Waals surface area contributed by atoms with Crippen LogP contribution >= 0.6 is 0 Å². The van der Waals surface area contributed by atoms with Crippen LogP contribution in [0.4, 0.5) is 0 Å². The zero-order chi connectivity index (χ0) is 8.74. The van der Waals surface area contributed by atoms with E-state index in [0.29, 0.717) is 5.41 Å². The minimum atomic E-state index is 0.658. The van der Waals surface area contributed by atoms with Gasteiger partial charge in [0.05, 0.1) is 0 Å². The molecular formula is C10H23N. The smallest absolute Gasteiger partial charge is 0.00437 e. The van der Waals surface area contributed by atoms with Crippen LogP contribution in [0.3, 0.4) is 0 Å². The molecule has 0 aromatic heterocycles. The summed E-state index contributed by atoms with van der Waals surface area (Å²) < 4.78 is 0. The molecule has 1 nitrogen and oxygen atoms in total. The van der Waals surface area contributed by atoms with Gasteiger partial charge in [0.15, 0.2) is 0 Å². The summed E-state index contributed by atoms with van der Waals surface area (Å²) in [5.41, 5.74) is 0.658. The molecule has 11 heavy (non-hydrogen) atoms. The van der Waals surface area contributed by atoms with E-state index >= 15 is 0 Å². The van der Waals surface area contributed by atoms with E-state index in [2.05, 4.69) is 19.2 Å². The molecule has 1 aliphatic heterocycles. The molecule has 1 saturated heterocycles. The van der Waals surface area contributed by atoms with Crippen molar-refractivity contribution in [3.8, 4) is 0 Å². The largest absolute Gasteiger partial charge is 0.317 e. The first-order chi connectivity index (χ1) is 5.27. The number of nitrogens with one attached hydrogen (secondary N) is 1. The maximum Gasteiger partial charge on any atom is -0.00437 e. The third-order valence-electron chi connectivity index (χ3n) is 2.66. The molecule has 0 aromatic carbocycles. The molecule has 0 unspecified atom stereocenters. The van der Waals surface area contributed by atoms with Crippen LogP contribution in [0, 0.1) is 5.41 Å². The fourth-order valence-corrected chi connectivity index (χ4v) is 1.38. The zero-order valence-corrected chi connectivity index (χ0v) is 8.54. The number of hydrogen-bond donors (Lipinski definition) is 1. The minimum absolute atomic E-state index is 0.658. The highest BCUT2D eigenvalue weighted by molar-refractivity contribution is 4.78. The van der Waals surface area contributed by atoms with E-state index in [-0.39, 0.29) is 0 Å². The Kier molecular flexibility index (Phi) is 5.57. The van der Waals surface area contributed by atoms with Gasteiger partial charge in [-0.3, -0.25) is 0 Å². The van der Waals surface area contributed by atoms with Gasteiger partial charge in [0.1, 0.15) is 0 Å². The third kappa shape index (κ3) is 3.76. The monoisotopic (exact) mass is 157 g/mol. The molecule has 1 rings (SSSR count). The number of rotatable bonds is 1. The van der Waals surface area contributed by atoms with E-state index < -0.39 is 0 Å². The van der Waals surface area contributed by atoms with Crippen molar-refractivity contribution >= 4 is 0 Å². The first-order valence-corrected chi connectivity index (χ1v) is 4.97.